The first kappa shape index (κ1) is 16.9. The van der Waals surface area contributed by atoms with E-state index in [4.69, 9.17) is 9.84 Å². The van der Waals surface area contributed by atoms with E-state index in [2.05, 4.69) is 11.4 Å². The van der Waals surface area contributed by atoms with Crippen molar-refractivity contribution in [2.75, 3.05) is 26.3 Å². The second kappa shape index (κ2) is 7.02. The minimum absolute atomic E-state index is 0.0313. The van der Waals surface area contributed by atoms with Crippen LogP contribution >= 0.6 is 0 Å². The molecule has 0 saturated carbocycles. The summed E-state index contributed by atoms with van der Waals surface area (Å²) in [5.74, 6) is -0.142. The summed E-state index contributed by atoms with van der Waals surface area (Å²) in [6, 6.07) is 2.28. The molecule has 1 rings (SSSR count). The van der Waals surface area contributed by atoms with Crippen molar-refractivity contribution in [1.82, 2.24) is 10.2 Å². The Kier molecular flexibility index (Phi) is 5.93. The van der Waals surface area contributed by atoms with Gasteiger partial charge < -0.3 is 15.2 Å². The molecule has 114 valence electrons. The third-order valence-corrected chi connectivity index (χ3v) is 3.97. The number of ether oxygens (including phenoxy) is 1. The minimum Gasteiger partial charge on any atom is -0.394 e. The zero-order valence-electron chi connectivity index (χ0n) is 12.7. The average Bonchev–Trinajstić information content (AvgIpc) is 2.40. The van der Waals surface area contributed by atoms with E-state index in [1.807, 2.05) is 25.7 Å². The monoisotopic (exact) mass is 283 g/mol. The van der Waals surface area contributed by atoms with E-state index in [0.717, 1.165) is 0 Å². The summed E-state index contributed by atoms with van der Waals surface area (Å²) in [5, 5.41) is 21.1. The Bertz CT molecular complexity index is 380. The van der Waals surface area contributed by atoms with Gasteiger partial charge in [0.1, 0.15) is 5.54 Å². The highest BCUT2D eigenvalue weighted by atomic mass is 16.5. The molecular weight excluding hydrogens is 258 g/mol. The van der Waals surface area contributed by atoms with Crippen LogP contribution in [0.25, 0.3) is 0 Å². The summed E-state index contributed by atoms with van der Waals surface area (Å²) >= 11 is 0. The number of nitriles is 1. The molecule has 6 nitrogen and oxygen atoms in total. The van der Waals surface area contributed by atoms with Gasteiger partial charge in [-0.1, -0.05) is 13.8 Å². The van der Waals surface area contributed by atoms with E-state index in [9.17, 15) is 10.1 Å². The van der Waals surface area contributed by atoms with Crippen LogP contribution in [0.3, 0.4) is 0 Å². The fourth-order valence-corrected chi connectivity index (χ4v) is 2.02. The van der Waals surface area contributed by atoms with Crippen LogP contribution < -0.4 is 5.32 Å². The Hall–Kier alpha value is -1.16. The lowest BCUT2D eigenvalue weighted by Gasteiger charge is -2.37. The summed E-state index contributed by atoms with van der Waals surface area (Å²) in [7, 11) is 0. The third kappa shape index (κ3) is 4.17. The predicted molar refractivity (Wildman–Crippen MR) is 74.9 cm³/mol. The second-order valence-corrected chi connectivity index (χ2v) is 5.93. The van der Waals surface area contributed by atoms with Gasteiger partial charge in [-0.2, -0.15) is 5.26 Å². The van der Waals surface area contributed by atoms with Crippen molar-refractivity contribution >= 4 is 5.91 Å². The Morgan fingerprint density at radius 3 is 2.80 bits per heavy atom. The third-order valence-electron chi connectivity index (χ3n) is 3.97. The van der Waals surface area contributed by atoms with Gasteiger partial charge in [0.25, 0.3) is 0 Å². The first-order valence-corrected chi connectivity index (χ1v) is 7.01. The minimum atomic E-state index is -0.858. The zero-order valence-corrected chi connectivity index (χ0v) is 12.7. The number of aliphatic hydroxyl groups is 1. The molecule has 0 spiro atoms. The van der Waals surface area contributed by atoms with Crippen LogP contribution in [0.15, 0.2) is 0 Å². The number of rotatable bonds is 5. The molecule has 20 heavy (non-hydrogen) atoms. The molecule has 3 atom stereocenters. The number of nitrogens with zero attached hydrogens (tertiary/aromatic N) is 2. The lowest BCUT2D eigenvalue weighted by molar-refractivity contribution is -0.129. The number of aliphatic hydroxyl groups excluding tert-OH is 1. The fraction of sp³-hybridized carbons (Fsp3) is 0.857. The van der Waals surface area contributed by atoms with Gasteiger partial charge in [-0.15, -0.1) is 0 Å². The van der Waals surface area contributed by atoms with Gasteiger partial charge in [-0.25, -0.2) is 0 Å². The number of hydrogen-bond acceptors (Lipinski definition) is 5. The quantitative estimate of drug-likeness (QED) is 0.748. The number of morpholine rings is 1. The molecule has 0 aliphatic carbocycles. The van der Waals surface area contributed by atoms with E-state index in [-0.39, 0.29) is 37.1 Å². The standard InChI is InChI=1S/C14H25N3O3/c1-10(2)14(4,9-15)16-13(19)6-17-5-12(7-18)20-8-11(17)3/h10-12,18H,5-8H2,1-4H3,(H,16,19). The molecule has 2 N–H and O–H groups in total. The lowest BCUT2D eigenvalue weighted by Crippen LogP contribution is -2.56. The summed E-state index contributed by atoms with van der Waals surface area (Å²) in [6.07, 6.45) is -0.244. The normalized spacial score (nSPS) is 26.9. The highest BCUT2D eigenvalue weighted by molar-refractivity contribution is 5.79. The first-order valence-electron chi connectivity index (χ1n) is 7.01. The van der Waals surface area contributed by atoms with E-state index >= 15 is 0 Å². The molecule has 0 aromatic carbocycles. The largest absolute Gasteiger partial charge is 0.394 e. The van der Waals surface area contributed by atoms with Crippen molar-refractivity contribution in [2.45, 2.75) is 45.4 Å². The highest BCUT2D eigenvalue weighted by Crippen LogP contribution is 2.16. The van der Waals surface area contributed by atoms with Gasteiger partial charge in [0.2, 0.25) is 5.91 Å². The summed E-state index contributed by atoms with van der Waals surface area (Å²) in [5.41, 5.74) is -0.858. The fourth-order valence-electron chi connectivity index (χ4n) is 2.02. The molecule has 1 saturated heterocycles. The van der Waals surface area contributed by atoms with Crippen LogP contribution in [0, 0.1) is 17.2 Å². The number of nitrogens with one attached hydrogen (secondary N) is 1. The van der Waals surface area contributed by atoms with Crippen molar-refractivity contribution in [2.24, 2.45) is 5.92 Å². The highest BCUT2D eigenvalue weighted by Gasteiger charge is 2.32. The van der Waals surface area contributed by atoms with Crippen molar-refractivity contribution in [3.05, 3.63) is 0 Å². The maximum absolute atomic E-state index is 12.1. The molecule has 1 heterocycles. The Morgan fingerprint density at radius 2 is 2.30 bits per heavy atom. The van der Waals surface area contributed by atoms with Crippen LogP contribution in [-0.4, -0.2) is 59.9 Å². The van der Waals surface area contributed by atoms with Crippen LogP contribution in [0.4, 0.5) is 0 Å². The van der Waals surface area contributed by atoms with E-state index in [0.29, 0.717) is 13.2 Å². The summed E-state index contributed by atoms with van der Waals surface area (Å²) in [6.45, 7) is 8.71. The number of hydrogen-bond donors (Lipinski definition) is 2. The van der Waals surface area contributed by atoms with Crippen molar-refractivity contribution in [3.8, 4) is 6.07 Å². The van der Waals surface area contributed by atoms with Crippen LogP contribution in [0.5, 0.6) is 0 Å². The number of carbonyl (C=O) groups excluding carboxylic acids is 1. The summed E-state index contributed by atoms with van der Waals surface area (Å²) in [4.78, 5) is 14.1. The molecule has 1 fully saturated rings. The Labute approximate surface area is 120 Å². The molecule has 1 aliphatic heterocycles. The Morgan fingerprint density at radius 1 is 1.65 bits per heavy atom. The molecule has 0 bridgehead atoms. The molecule has 0 aromatic rings. The topological polar surface area (TPSA) is 85.6 Å². The van der Waals surface area contributed by atoms with E-state index in [1.165, 1.54) is 0 Å². The SMILES string of the molecule is CC1COC(CO)CN1CC(=O)NC(C)(C#N)C(C)C. The van der Waals surface area contributed by atoms with Gasteiger partial charge >= 0.3 is 0 Å². The van der Waals surface area contributed by atoms with Gasteiger partial charge in [0.05, 0.1) is 31.9 Å². The Balaban J connectivity index is 2.59. The average molecular weight is 283 g/mol. The van der Waals surface area contributed by atoms with E-state index in [1.54, 1.807) is 6.92 Å². The molecule has 0 radical (unpaired) electrons. The number of carbonyl (C=O) groups is 1. The molecule has 6 heteroatoms. The van der Waals surface area contributed by atoms with Crippen molar-refractivity contribution < 1.29 is 14.6 Å². The lowest BCUT2D eigenvalue weighted by atomic mass is 9.90. The van der Waals surface area contributed by atoms with Crippen molar-refractivity contribution in [1.29, 1.82) is 5.26 Å². The number of amides is 1. The smallest absolute Gasteiger partial charge is 0.235 e. The van der Waals surface area contributed by atoms with Crippen LogP contribution in [0.1, 0.15) is 27.7 Å². The van der Waals surface area contributed by atoms with Crippen LogP contribution in [-0.2, 0) is 9.53 Å². The molecular formula is C14H25N3O3. The molecule has 3 unspecified atom stereocenters. The zero-order chi connectivity index (χ0) is 15.3. The van der Waals surface area contributed by atoms with Gasteiger partial charge in [0.15, 0.2) is 0 Å². The van der Waals surface area contributed by atoms with E-state index < -0.39 is 5.54 Å². The molecule has 0 aromatic heterocycles. The predicted octanol–water partition coefficient (Wildman–Crippen LogP) is 0.122. The molecule has 1 amide bonds. The maximum Gasteiger partial charge on any atom is 0.235 e. The summed E-state index contributed by atoms with van der Waals surface area (Å²) < 4.78 is 5.44. The maximum atomic E-state index is 12.1. The van der Waals surface area contributed by atoms with Crippen molar-refractivity contribution in [3.63, 3.8) is 0 Å². The first-order chi connectivity index (χ1) is 9.32. The second-order valence-electron chi connectivity index (χ2n) is 5.93. The van der Waals surface area contributed by atoms with Gasteiger partial charge in [-0.3, -0.25) is 9.69 Å². The van der Waals surface area contributed by atoms with Crippen LogP contribution in [0.2, 0.25) is 0 Å². The van der Waals surface area contributed by atoms with Gasteiger partial charge in [0, 0.05) is 12.6 Å². The van der Waals surface area contributed by atoms with Gasteiger partial charge in [-0.05, 0) is 19.8 Å². The molecule has 1 aliphatic rings.